The highest BCUT2D eigenvalue weighted by Crippen LogP contribution is 2.49. The minimum Gasteiger partial charge on any atom is -0.391 e. The molecular weight excluding hydrogens is 232 g/mol. The monoisotopic (exact) mass is 260 g/mol. The highest BCUT2D eigenvalue weighted by atomic mass is 14.9. The summed E-state index contributed by atoms with van der Waals surface area (Å²) >= 11 is 0. The number of nitrogens with one attached hydrogen (secondary N) is 2. The van der Waals surface area contributed by atoms with Crippen molar-refractivity contribution in [3.63, 3.8) is 0 Å². The Hall–Kier alpha value is -1.44. The summed E-state index contributed by atoms with van der Waals surface area (Å²) in [5.41, 5.74) is 4.00. The van der Waals surface area contributed by atoms with Gasteiger partial charge in [0.05, 0.1) is 0 Å². The van der Waals surface area contributed by atoms with Gasteiger partial charge in [-0.15, -0.1) is 13.2 Å². The van der Waals surface area contributed by atoms with Gasteiger partial charge < -0.3 is 10.6 Å². The third-order valence-corrected chi connectivity index (χ3v) is 4.28. The number of hydrogen-bond acceptors (Lipinski definition) is 2. The number of hydrogen-bond donors (Lipinski definition) is 2. The van der Waals surface area contributed by atoms with Crippen LogP contribution in [0, 0.1) is 5.41 Å². The topological polar surface area (TPSA) is 24.1 Å². The zero-order valence-corrected chi connectivity index (χ0v) is 12.5. The minimum absolute atomic E-state index is 0.0493. The SMILES string of the molecule is C=CCCC1(C(=C)NC)CCCC(NC)=C1CC=C. The summed E-state index contributed by atoms with van der Waals surface area (Å²) in [4.78, 5) is 0. The normalized spacial score (nSPS) is 22.8. The third-order valence-electron chi connectivity index (χ3n) is 4.28. The van der Waals surface area contributed by atoms with Crippen molar-refractivity contribution >= 4 is 0 Å². The minimum atomic E-state index is 0.0493. The Balaban J connectivity index is 3.26. The predicted molar refractivity (Wildman–Crippen MR) is 84.8 cm³/mol. The van der Waals surface area contributed by atoms with E-state index in [1.807, 2.05) is 26.2 Å². The lowest BCUT2D eigenvalue weighted by atomic mass is 9.65. The molecule has 0 spiro atoms. The molecule has 0 heterocycles. The van der Waals surface area contributed by atoms with E-state index >= 15 is 0 Å². The van der Waals surface area contributed by atoms with E-state index in [-0.39, 0.29) is 5.41 Å². The second-order valence-electron chi connectivity index (χ2n) is 5.19. The van der Waals surface area contributed by atoms with Gasteiger partial charge in [0.2, 0.25) is 0 Å². The molecule has 19 heavy (non-hydrogen) atoms. The fraction of sp³-hybridized carbons (Fsp3) is 0.529. The maximum Gasteiger partial charge on any atom is 0.0329 e. The maximum absolute atomic E-state index is 4.28. The van der Waals surface area contributed by atoms with Gasteiger partial charge in [0, 0.05) is 30.9 Å². The summed E-state index contributed by atoms with van der Waals surface area (Å²) in [6.45, 7) is 12.1. The quantitative estimate of drug-likeness (QED) is 0.647. The van der Waals surface area contributed by atoms with E-state index in [9.17, 15) is 0 Å². The molecular formula is C17H28N2. The van der Waals surface area contributed by atoms with Gasteiger partial charge in [-0.2, -0.15) is 0 Å². The zero-order chi connectivity index (χ0) is 14.3. The first kappa shape index (κ1) is 15.6. The summed E-state index contributed by atoms with van der Waals surface area (Å²) in [6, 6.07) is 0. The van der Waals surface area contributed by atoms with Crippen molar-refractivity contribution in [3.05, 3.63) is 48.9 Å². The Morgan fingerprint density at radius 1 is 1.32 bits per heavy atom. The fourth-order valence-corrected chi connectivity index (χ4v) is 3.24. The van der Waals surface area contributed by atoms with Crippen LogP contribution in [0.25, 0.3) is 0 Å². The molecule has 2 N–H and O–H groups in total. The molecule has 1 unspecified atom stereocenters. The largest absolute Gasteiger partial charge is 0.391 e. The molecule has 0 amide bonds. The molecule has 2 heteroatoms. The van der Waals surface area contributed by atoms with Crippen molar-refractivity contribution in [1.82, 2.24) is 10.6 Å². The maximum atomic E-state index is 4.28. The molecule has 0 aromatic heterocycles. The molecule has 1 atom stereocenters. The third kappa shape index (κ3) is 3.12. The number of allylic oxidation sites excluding steroid dienone is 4. The van der Waals surface area contributed by atoms with Crippen LogP contribution < -0.4 is 10.6 Å². The number of rotatable bonds is 8. The van der Waals surface area contributed by atoms with Crippen LogP contribution in [0.4, 0.5) is 0 Å². The lowest BCUT2D eigenvalue weighted by molar-refractivity contribution is 0.310. The first-order chi connectivity index (χ1) is 9.16. The van der Waals surface area contributed by atoms with Crippen LogP contribution in [0.3, 0.4) is 0 Å². The van der Waals surface area contributed by atoms with Crippen molar-refractivity contribution < 1.29 is 0 Å². The second-order valence-corrected chi connectivity index (χ2v) is 5.19. The van der Waals surface area contributed by atoms with Crippen molar-refractivity contribution in [2.75, 3.05) is 14.1 Å². The molecule has 2 nitrogen and oxygen atoms in total. The van der Waals surface area contributed by atoms with Crippen molar-refractivity contribution in [3.8, 4) is 0 Å². The molecule has 0 aromatic carbocycles. The smallest absolute Gasteiger partial charge is 0.0329 e. The molecule has 1 aliphatic rings. The van der Waals surface area contributed by atoms with Crippen LogP contribution in [0.1, 0.15) is 38.5 Å². The highest BCUT2D eigenvalue weighted by Gasteiger charge is 2.39. The van der Waals surface area contributed by atoms with Gasteiger partial charge in [-0.05, 0) is 44.1 Å². The van der Waals surface area contributed by atoms with E-state index in [1.54, 1.807) is 0 Å². The Morgan fingerprint density at radius 2 is 2.05 bits per heavy atom. The van der Waals surface area contributed by atoms with E-state index in [0.717, 1.165) is 37.8 Å². The summed E-state index contributed by atoms with van der Waals surface area (Å²) < 4.78 is 0. The van der Waals surface area contributed by atoms with E-state index in [0.29, 0.717) is 0 Å². The van der Waals surface area contributed by atoms with E-state index in [2.05, 4.69) is 30.4 Å². The lowest BCUT2D eigenvalue weighted by Gasteiger charge is -2.42. The van der Waals surface area contributed by atoms with Crippen LogP contribution in [-0.4, -0.2) is 14.1 Å². The fourth-order valence-electron chi connectivity index (χ4n) is 3.24. The van der Waals surface area contributed by atoms with Gasteiger partial charge in [-0.25, -0.2) is 0 Å². The van der Waals surface area contributed by atoms with Crippen LogP contribution in [-0.2, 0) is 0 Å². The lowest BCUT2D eigenvalue weighted by Crippen LogP contribution is -2.36. The van der Waals surface area contributed by atoms with Crippen LogP contribution in [0.5, 0.6) is 0 Å². The van der Waals surface area contributed by atoms with Gasteiger partial charge >= 0.3 is 0 Å². The molecule has 0 bridgehead atoms. The molecule has 0 fully saturated rings. The first-order valence-corrected chi connectivity index (χ1v) is 7.15. The van der Waals surface area contributed by atoms with Gasteiger partial charge in [0.25, 0.3) is 0 Å². The molecule has 0 aliphatic heterocycles. The summed E-state index contributed by atoms with van der Waals surface area (Å²) in [5, 5.41) is 6.68. The Labute approximate surface area is 118 Å². The Bertz CT molecular complexity index is 379. The summed E-state index contributed by atoms with van der Waals surface area (Å²) in [5.74, 6) is 0. The van der Waals surface area contributed by atoms with Crippen molar-refractivity contribution in [1.29, 1.82) is 0 Å². The molecule has 0 saturated heterocycles. The second kappa shape index (κ2) is 7.22. The predicted octanol–water partition coefficient (Wildman–Crippen LogP) is 3.91. The molecule has 0 aromatic rings. The van der Waals surface area contributed by atoms with Crippen molar-refractivity contribution in [2.45, 2.75) is 38.5 Å². The Kier molecular flexibility index (Phi) is 5.94. The van der Waals surface area contributed by atoms with E-state index in [1.165, 1.54) is 17.7 Å². The van der Waals surface area contributed by atoms with Gasteiger partial charge in [-0.1, -0.05) is 18.7 Å². The van der Waals surface area contributed by atoms with Crippen LogP contribution in [0.15, 0.2) is 48.9 Å². The first-order valence-electron chi connectivity index (χ1n) is 7.15. The van der Waals surface area contributed by atoms with E-state index < -0.39 is 0 Å². The van der Waals surface area contributed by atoms with Crippen LogP contribution >= 0.6 is 0 Å². The Morgan fingerprint density at radius 3 is 2.58 bits per heavy atom. The average Bonchev–Trinajstić information content (AvgIpc) is 2.45. The van der Waals surface area contributed by atoms with Gasteiger partial charge in [0.1, 0.15) is 0 Å². The molecule has 106 valence electrons. The van der Waals surface area contributed by atoms with Gasteiger partial charge in [0.15, 0.2) is 0 Å². The summed E-state index contributed by atoms with van der Waals surface area (Å²) in [6.07, 6.45) is 10.5. The molecule has 0 saturated carbocycles. The zero-order valence-electron chi connectivity index (χ0n) is 12.5. The standard InChI is InChI=1S/C17H28N2/c1-6-8-12-17(14(3)18-4)13-9-11-16(19-5)15(17)10-7-2/h6-7,18-19H,1-3,8-13H2,4-5H3. The van der Waals surface area contributed by atoms with E-state index in [4.69, 9.17) is 0 Å². The molecule has 1 aliphatic carbocycles. The average molecular weight is 260 g/mol. The van der Waals surface area contributed by atoms with Crippen molar-refractivity contribution in [2.24, 2.45) is 5.41 Å². The summed E-state index contributed by atoms with van der Waals surface area (Å²) in [7, 11) is 3.99. The highest BCUT2D eigenvalue weighted by molar-refractivity contribution is 5.34. The molecule has 0 radical (unpaired) electrons. The molecule has 1 rings (SSSR count). The van der Waals surface area contributed by atoms with Gasteiger partial charge in [-0.3, -0.25) is 0 Å². The van der Waals surface area contributed by atoms with Crippen LogP contribution in [0.2, 0.25) is 0 Å².